The molecule has 0 amide bonds. The molecule has 1 atom stereocenters. The van der Waals surface area contributed by atoms with Crippen molar-refractivity contribution in [2.45, 2.75) is 11.8 Å². The summed E-state index contributed by atoms with van der Waals surface area (Å²) in [5.41, 5.74) is 5.38. The smallest absolute Gasteiger partial charge is 0.123 e. The zero-order valence-electron chi connectivity index (χ0n) is 14.5. The van der Waals surface area contributed by atoms with E-state index in [-0.39, 0.29) is 5.82 Å². The van der Waals surface area contributed by atoms with Gasteiger partial charge in [0.1, 0.15) is 11.5 Å². The molecule has 2 N–H and O–H groups in total. The summed E-state index contributed by atoms with van der Waals surface area (Å²) >= 11 is 0. The molecule has 2 aromatic carbocycles. The van der Waals surface area contributed by atoms with E-state index < -0.39 is 5.41 Å². The average molecular weight is 356 g/mol. The highest BCUT2D eigenvalue weighted by molar-refractivity contribution is 5.74. The maximum absolute atomic E-state index is 14.0. The molecule has 0 saturated carbocycles. The molecule has 1 aliphatic carbocycles. The molecule has 2 heterocycles. The number of nitrogens with one attached hydrogen (secondary N) is 2. The Kier molecular flexibility index (Phi) is 3.53. The first kappa shape index (κ1) is 15.8. The molecule has 4 nitrogen and oxygen atoms in total. The Bertz CT molecular complexity index is 1110. The van der Waals surface area contributed by atoms with Crippen LogP contribution in [0.4, 0.5) is 4.39 Å². The van der Waals surface area contributed by atoms with E-state index in [0.29, 0.717) is 6.42 Å². The van der Waals surface area contributed by atoms with Crippen LogP contribution in [0.2, 0.25) is 0 Å². The van der Waals surface area contributed by atoms with Gasteiger partial charge in [-0.05, 0) is 23.3 Å². The Morgan fingerprint density at radius 1 is 1.00 bits per heavy atom. The van der Waals surface area contributed by atoms with Gasteiger partial charge in [-0.25, -0.2) is 9.37 Å². The van der Waals surface area contributed by atoms with Crippen molar-refractivity contribution in [2.75, 3.05) is 0 Å². The first-order valence-electron chi connectivity index (χ1n) is 8.83. The molecule has 0 bridgehead atoms. The third-order valence-electron chi connectivity index (χ3n) is 5.26. The predicted molar refractivity (Wildman–Crippen MR) is 103 cm³/mol. The number of fused-ring (bicyclic) bond motifs is 1. The van der Waals surface area contributed by atoms with Gasteiger partial charge < -0.3 is 4.98 Å². The molecule has 0 aliphatic heterocycles. The second-order valence-corrected chi connectivity index (χ2v) is 6.79. The van der Waals surface area contributed by atoms with Crippen LogP contribution in [0.1, 0.15) is 22.4 Å². The van der Waals surface area contributed by atoms with Crippen LogP contribution >= 0.6 is 0 Å². The van der Waals surface area contributed by atoms with E-state index in [9.17, 15) is 4.39 Å². The first-order chi connectivity index (χ1) is 13.3. The lowest BCUT2D eigenvalue weighted by Gasteiger charge is -2.34. The number of rotatable bonds is 3. The molecule has 5 heteroatoms. The van der Waals surface area contributed by atoms with E-state index in [1.165, 1.54) is 6.07 Å². The van der Waals surface area contributed by atoms with E-state index in [1.807, 2.05) is 24.3 Å². The fourth-order valence-electron chi connectivity index (χ4n) is 3.92. The number of aromatic nitrogens is 4. The number of H-pyrrole nitrogens is 2. The van der Waals surface area contributed by atoms with Crippen LogP contribution < -0.4 is 0 Å². The van der Waals surface area contributed by atoms with E-state index in [0.717, 1.165) is 33.8 Å². The Morgan fingerprint density at radius 3 is 2.63 bits per heavy atom. The summed E-state index contributed by atoms with van der Waals surface area (Å²) in [6.07, 6.45) is 8.32. The molecular formula is C22H17FN4. The molecule has 1 aliphatic rings. The molecule has 132 valence electrons. The second-order valence-electron chi connectivity index (χ2n) is 6.79. The zero-order valence-corrected chi connectivity index (χ0v) is 14.5. The second kappa shape index (κ2) is 6.06. The van der Waals surface area contributed by atoms with Gasteiger partial charge in [-0.1, -0.05) is 54.6 Å². The summed E-state index contributed by atoms with van der Waals surface area (Å²) in [6.45, 7) is 0. The van der Waals surface area contributed by atoms with Gasteiger partial charge in [0.25, 0.3) is 0 Å². The number of nitrogens with zero attached hydrogens (tertiary/aromatic N) is 2. The summed E-state index contributed by atoms with van der Waals surface area (Å²) in [7, 11) is 0. The highest BCUT2D eigenvalue weighted by Crippen LogP contribution is 2.42. The van der Waals surface area contributed by atoms with Crippen molar-refractivity contribution in [2.24, 2.45) is 0 Å². The summed E-state index contributed by atoms with van der Waals surface area (Å²) < 4.78 is 14.0. The number of halogens is 1. The van der Waals surface area contributed by atoms with Crippen LogP contribution in [0.25, 0.3) is 17.5 Å². The van der Waals surface area contributed by atoms with Crippen LogP contribution in [0, 0.1) is 5.82 Å². The fraction of sp³-hybridized carbons (Fsp3) is 0.0909. The number of hydrogen-bond donors (Lipinski definition) is 2. The van der Waals surface area contributed by atoms with Crippen molar-refractivity contribution < 1.29 is 4.39 Å². The van der Waals surface area contributed by atoms with Crippen LogP contribution in [0.15, 0.2) is 73.2 Å². The minimum absolute atomic E-state index is 0.232. The molecule has 5 rings (SSSR count). The van der Waals surface area contributed by atoms with Gasteiger partial charge in [0.15, 0.2) is 0 Å². The van der Waals surface area contributed by atoms with Gasteiger partial charge in [0.05, 0.1) is 18.2 Å². The van der Waals surface area contributed by atoms with Crippen LogP contribution in [0.3, 0.4) is 0 Å². The number of aromatic amines is 2. The number of allylic oxidation sites excluding steroid dienone is 1. The van der Waals surface area contributed by atoms with Crippen molar-refractivity contribution in [3.63, 3.8) is 0 Å². The van der Waals surface area contributed by atoms with Gasteiger partial charge in [-0.15, -0.1) is 0 Å². The van der Waals surface area contributed by atoms with Crippen LogP contribution in [-0.2, 0) is 11.8 Å². The summed E-state index contributed by atoms with van der Waals surface area (Å²) in [5, 5.41) is 7.67. The minimum atomic E-state index is -0.450. The maximum Gasteiger partial charge on any atom is 0.123 e. The minimum Gasteiger partial charge on any atom is -0.343 e. The average Bonchev–Trinajstić information content (AvgIpc) is 3.37. The van der Waals surface area contributed by atoms with Crippen molar-refractivity contribution in [1.82, 2.24) is 20.2 Å². The lowest BCUT2D eigenvalue weighted by atomic mass is 9.68. The van der Waals surface area contributed by atoms with E-state index >= 15 is 0 Å². The van der Waals surface area contributed by atoms with Crippen molar-refractivity contribution in [3.8, 4) is 11.4 Å². The molecular weight excluding hydrogens is 339 g/mol. The van der Waals surface area contributed by atoms with Gasteiger partial charge in [-0.2, -0.15) is 5.10 Å². The maximum atomic E-state index is 14.0. The van der Waals surface area contributed by atoms with E-state index in [4.69, 9.17) is 0 Å². The lowest BCUT2D eigenvalue weighted by molar-refractivity contribution is 0.594. The summed E-state index contributed by atoms with van der Waals surface area (Å²) in [4.78, 5) is 7.19. The van der Waals surface area contributed by atoms with Crippen molar-refractivity contribution in [1.29, 1.82) is 0 Å². The number of hydrogen-bond acceptors (Lipinski definition) is 2. The van der Waals surface area contributed by atoms with Gasteiger partial charge in [0.2, 0.25) is 0 Å². The Labute approximate surface area is 155 Å². The number of imidazole rings is 1. The molecule has 0 radical (unpaired) electrons. The molecule has 0 spiro atoms. The lowest BCUT2D eigenvalue weighted by Crippen LogP contribution is -2.30. The van der Waals surface area contributed by atoms with Crippen molar-refractivity contribution in [3.05, 3.63) is 101 Å². The van der Waals surface area contributed by atoms with Gasteiger partial charge in [0, 0.05) is 23.1 Å². The Balaban J connectivity index is 1.68. The standard InChI is InChI=1S/C22H17FN4/c23-17-8-4-7-16(11-17)22(15-5-2-1-3-6-15)10-9-18-19(12-22)26-27-21(18)20-13-24-14-25-20/h1-11,13-14H,12H2,(H,24,25)(H,26,27). The quantitative estimate of drug-likeness (QED) is 0.568. The fourth-order valence-corrected chi connectivity index (χ4v) is 3.92. The molecule has 1 unspecified atom stereocenters. The first-order valence-corrected chi connectivity index (χ1v) is 8.83. The SMILES string of the molecule is Fc1cccc(C2(c3ccccc3)C=Cc3c(-c4cnc[nH]4)n[nH]c3C2)c1. The largest absolute Gasteiger partial charge is 0.343 e. The highest BCUT2D eigenvalue weighted by atomic mass is 19.1. The summed E-state index contributed by atoms with van der Waals surface area (Å²) in [5.74, 6) is -0.232. The molecule has 4 aromatic rings. The van der Waals surface area contributed by atoms with Crippen LogP contribution in [-0.4, -0.2) is 20.2 Å². The molecule has 0 fully saturated rings. The molecule has 0 saturated heterocycles. The van der Waals surface area contributed by atoms with E-state index in [2.05, 4.69) is 44.5 Å². The third-order valence-corrected chi connectivity index (χ3v) is 5.26. The van der Waals surface area contributed by atoms with E-state index in [1.54, 1.807) is 24.7 Å². The Morgan fingerprint density at radius 2 is 1.85 bits per heavy atom. The Hall–Kier alpha value is -3.47. The summed E-state index contributed by atoms with van der Waals surface area (Å²) in [6, 6.07) is 17.1. The van der Waals surface area contributed by atoms with Crippen molar-refractivity contribution >= 4 is 6.08 Å². The zero-order chi connectivity index (χ0) is 18.3. The van der Waals surface area contributed by atoms with Gasteiger partial charge in [-0.3, -0.25) is 5.10 Å². The highest BCUT2D eigenvalue weighted by Gasteiger charge is 2.36. The predicted octanol–water partition coefficient (Wildman–Crippen LogP) is 4.49. The monoisotopic (exact) mass is 356 g/mol. The normalized spacial score (nSPS) is 18.4. The molecule has 2 aromatic heterocycles. The topological polar surface area (TPSA) is 57.4 Å². The number of benzene rings is 2. The van der Waals surface area contributed by atoms with Gasteiger partial charge >= 0.3 is 0 Å². The van der Waals surface area contributed by atoms with Crippen LogP contribution in [0.5, 0.6) is 0 Å². The third kappa shape index (κ3) is 2.51. The molecule has 27 heavy (non-hydrogen) atoms.